The fourth-order valence-corrected chi connectivity index (χ4v) is 4.92. The summed E-state index contributed by atoms with van der Waals surface area (Å²) in [6.07, 6.45) is 1.46. The zero-order valence-corrected chi connectivity index (χ0v) is 18.1. The number of anilines is 1. The van der Waals surface area contributed by atoms with E-state index in [9.17, 15) is 8.42 Å². The van der Waals surface area contributed by atoms with Crippen LogP contribution in [0.1, 0.15) is 5.82 Å². The Morgan fingerprint density at radius 2 is 1.80 bits per heavy atom. The van der Waals surface area contributed by atoms with E-state index < -0.39 is 10.0 Å². The van der Waals surface area contributed by atoms with Gasteiger partial charge in [0.25, 0.3) is 0 Å². The van der Waals surface area contributed by atoms with Gasteiger partial charge in [-0.15, -0.1) is 0 Å². The molecule has 0 unspecified atom stereocenters. The smallest absolute Gasteiger partial charge is 0.243 e. The third kappa shape index (κ3) is 4.43. The maximum absolute atomic E-state index is 13.0. The number of ether oxygens (including phenoxy) is 1. The summed E-state index contributed by atoms with van der Waals surface area (Å²) in [5.41, 5.74) is 1.00. The minimum Gasteiger partial charge on any atom is -0.486 e. The number of aryl methyl sites for hydroxylation is 1. The fourth-order valence-electron chi connectivity index (χ4n) is 3.32. The van der Waals surface area contributed by atoms with E-state index in [0.29, 0.717) is 42.8 Å². The van der Waals surface area contributed by atoms with Crippen LogP contribution in [0.2, 0.25) is 5.02 Å². The number of sulfonamides is 1. The predicted octanol–water partition coefficient (Wildman–Crippen LogP) is 2.56. The van der Waals surface area contributed by atoms with Crippen LogP contribution in [0.15, 0.2) is 59.8 Å². The van der Waals surface area contributed by atoms with Crippen molar-refractivity contribution in [1.29, 1.82) is 0 Å². The van der Waals surface area contributed by atoms with Crippen molar-refractivity contribution in [3.05, 3.63) is 65.7 Å². The summed E-state index contributed by atoms with van der Waals surface area (Å²) >= 11 is 6.07. The molecule has 1 aromatic heterocycles. The number of halogens is 1. The zero-order valence-electron chi connectivity index (χ0n) is 16.5. The summed E-state index contributed by atoms with van der Waals surface area (Å²) in [5.74, 6) is 1.26. The standard InChI is InChI=1S/C20H22ClN5O3S/c1-24-20(22-15-23-24)14-29-18-5-7-19(8-6-18)30(27,28)26-11-9-25(10-12-26)17-4-2-3-16(21)13-17/h2-8,13,15H,9-12,14H2,1H3. The van der Waals surface area contributed by atoms with Gasteiger partial charge in [0.1, 0.15) is 18.7 Å². The summed E-state index contributed by atoms with van der Waals surface area (Å²) in [6, 6.07) is 14.1. The summed E-state index contributed by atoms with van der Waals surface area (Å²) in [4.78, 5) is 6.49. The molecule has 1 aliphatic heterocycles. The van der Waals surface area contributed by atoms with Crippen molar-refractivity contribution in [2.45, 2.75) is 11.5 Å². The number of piperazine rings is 1. The fraction of sp³-hybridized carbons (Fsp3) is 0.300. The maximum Gasteiger partial charge on any atom is 0.243 e. The predicted molar refractivity (Wildman–Crippen MR) is 114 cm³/mol. The van der Waals surface area contributed by atoms with Crippen LogP contribution in [0.5, 0.6) is 5.75 Å². The van der Waals surface area contributed by atoms with Crippen molar-refractivity contribution in [2.24, 2.45) is 7.05 Å². The first kappa shape index (κ1) is 20.6. The van der Waals surface area contributed by atoms with Gasteiger partial charge >= 0.3 is 0 Å². The van der Waals surface area contributed by atoms with Gasteiger partial charge in [-0.2, -0.15) is 9.40 Å². The lowest BCUT2D eigenvalue weighted by molar-refractivity contribution is 0.289. The normalized spacial score (nSPS) is 15.3. The molecule has 0 bridgehead atoms. The lowest BCUT2D eigenvalue weighted by Crippen LogP contribution is -2.48. The second kappa shape index (κ2) is 8.63. The molecule has 2 heterocycles. The Morgan fingerprint density at radius 1 is 1.07 bits per heavy atom. The van der Waals surface area contributed by atoms with Crippen molar-refractivity contribution in [3.63, 3.8) is 0 Å². The van der Waals surface area contributed by atoms with E-state index in [2.05, 4.69) is 15.0 Å². The lowest BCUT2D eigenvalue weighted by Gasteiger charge is -2.35. The van der Waals surface area contributed by atoms with Crippen molar-refractivity contribution < 1.29 is 13.2 Å². The van der Waals surface area contributed by atoms with Gasteiger partial charge in [0.2, 0.25) is 10.0 Å². The Labute approximate surface area is 180 Å². The molecule has 0 aliphatic carbocycles. The largest absolute Gasteiger partial charge is 0.486 e. The second-order valence-corrected chi connectivity index (χ2v) is 9.31. The van der Waals surface area contributed by atoms with Crippen LogP contribution >= 0.6 is 11.6 Å². The summed E-state index contributed by atoms with van der Waals surface area (Å²) in [5, 5.41) is 4.66. The summed E-state index contributed by atoms with van der Waals surface area (Å²) in [7, 11) is -1.77. The molecular formula is C20H22ClN5O3S. The van der Waals surface area contributed by atoms with Crippen LogP contribution in [0, 0.1) is 0 Å². The molecule has 10 heteroatoms. The minimum atomic E-state index is -3.56. The van der Waals surface area contributed by atoms with Crippen LogP contribution in [0.25, 0.3) is 0 Å². The van der Waals surface area contributed by atoms with Crippen LogP contribution in [0.3, 0.4) is 0 Å². The van der Waals surface area contributed by atoms with E-state index in [1.165, 1.54) is 10.6 Å². The molecule has 158 valence electrons. The van der Waals surface area contributed by atoms with Crippen molar-refractivity contribution >= 4 is 27.3 Å². The Balaban J connectivity index is 1.38. The van der Waals surface area contributed by atoms with E-state index >= 15 is 0 Å². The Bertz CT molecular complexity index is 1110. The molecule has 4 rings (SSSR count). The molecule has 2 aromatic carbocycles. The molecule has 0 atom stereocenters. The van der Waals surface area contributed by atoms with Gasteiger partial charge in [-0.3, -0.25) is 4.68 Å². The molecule has 1 fully saturated rings. The Kier molecular flexibility index (Phi) is 5.94. The zero-order chi connectivity index (χ0) is 21.1. The highest BCUT2D eigenvalue weighted by Gasteiger charge is 2.28. The van der Waals surface area contributed by atoms with Gasteiger partial charge in [-0.25, -0.2) is 13.4 Å². The summed E-state index contributed by atoms with van der Waals surface area (Å²) < 4.78 is 34.8. The van der Waals surface area contributed by atoms with E-state index in [0.717, 1.165) is 5.69 Å². The van der Waals surface area contributed by atoms with Crippen molar-refractivity contribution in [2.75, 3.05) is 31.1 Å². The monoisotopic (exact) mass is 447 g/mol. The molecule has 8 nitrogen and oxygen atoms in total. The lowest BCUT2D eigenvalue weighted by atomic mass is 10.2. The molecular weight excluding hydrogens is 426 g/mol. The van der Waals surface area contributed by atoms with E-state index in [1.807, 2.05) is 24.3 Å². The van der Waals surface area contributed by atoms with Crippen molar-refractivity contribution in [3.8, 4) is 5.75 Å². The molecule has 0 spiro atoms. The van der Waals surface area contributed by atoms with Gasteiger partial charge in [-0.1, -0.05) is 17.7 Å². The highest BCUT2D eigenvalue weighted by atomic mass is 35.5. The Hall–Kier alpha value is -2.62. The molecule has 1 saturated heterocycles. The Morgan fingerprint density at radius 3 is 2.43 bits per heavy atom. The van der Waals surface area contributed by atoms with Crippen molar-refractivity contribution in [1.82, 2.24) is 19.1 Å². The van der Waals surface area contributed by atoms with Crippen LogP contribution in [-0.2, 0) is 23.7 Å². The topological polar surface area (TPSA) is 80.6 Å². The number of hydrogen-bond acceptors (Lipinski definition) is 6. The van der Waals surface area contributed by atoms with Gasteiger partial charge in [0, 0.05) is 43.9 Å². The number of benzene rings is 2. The van der Waals surface area contributed by atoms with E-state index in [4.69, 9.17) is 16.3 Å². The molecule has 1 aliphatic rings. The molecule has 3 aromatic rings. The summed E-state index contributed by atoms with van der Waals surface area (Å²) in [6.45, 7) is 2.31. The minimum absolute atomic E-state index is 0.254. The third-order valence-corrected chi connectivity index (χ3v) is 7.19. The van der Waals surface area contributed by atoms with Crippen LogP contribution in [0.4, 0.5) is 5.69 Å². The highest BCUT2D eigenvalue weighted by Crippen LogP contribution is 2.24. The van der Waals surface area contributed by atoms with Crippen LogP contribution in [-0.4, -0.2) is 53.7 Å². The first-order valence-electron chi connectivity index (χ1n) is 9.50. The highest BCUT2D eigenvalue weighted by molar-refractivity contribution is 7.89. The quantitative estimate of drug-likeness (QED) is 0.577. The number of aromatic nitrogens is 3. The van der Waals surface area contributed by atoms with Gasteiger partial charge in [0.05, 0.1) is 4.90 Å². The van der Waals surface area contributed by atoms with Crippen LogP contribution < -0.4 is 9.64 Å². The van der Waals surface area contributed by atoms with E-state index in [-0.39, 0.29) is 11.5 Å². The number of hydrogen-bond donors (Lipinski definition) is 0. The second-order valence-electron chi connectivity index (χ2n) is 6.93. The third-order valence-electron chi connectivity index (χ3n) is 5.05. The van der Waals surface area contributed by atoms with Gasteiger partial charge < -0.3 is 9.64 Å². The molecule has 0 amide bonds. The first-order valence-corrected chi connectivity index (χ1v) is 11.3. The molecule has 0 saturated carbocycles. The first-order chi connectivity index (χ1) is 14.4. The average Bonchev–Trinajstić information content (AvgIpc) is 3.17. The molecule has 0 N–H and O–H groups in total. The number of nitrogens with zero attached hydrogens (tertiary/aromatic N) is 5. The van der Waals surface area contributed by atoms with Gasteiger partial charge in [-0.05, 0) is 42.5 Å². The molecule has 0 radical (unpaired) electrons. The van der Waals surface area contributed by atoms with Gasteiger partial charge in [0.15, 0.2) is 5.82 Å². The maximum atomic E-state index is 13.0. The van der Waals surface area contributed by atoms with E-state index in [1.54, 1.807) is 36.0 Å². The number of rotatable bonds is 6. The SMILES string of the molecule is Cn1ncnc1COc1ccc(S(=O)(=O)N2CCN(c3cccc(Cl)c3)CC2)cc1. The molecule has 30 heavy (non-hydrogen) atoms. The average molecular weight is 448 g/mol.